The largest absolute Gasteiger partial charge is 0.494 e. The Morgan fingerprint density at radius 3 is 2.54 bits per heavy atom. The molecule has 1 aromatic rings. The van der Waals surface area contributed by atoms with Crippen molar-refractivity contribution in [1.82, 2.24) is 10.0 Å². The van der Waals surface area contributed by atoms with E-state index in [1.54, 1.807) is 19.1 Å². The average molecular weight is 356 g/mol. The number of carbonyl (C=O) groups is 1. The number of benzene rings is 1. The Kier molecular flexibility index (Phi) is 8.21. The Morgan fingerprint density at radius 1 is 1.25 bits per heavy atom. The van der Waals surface area contributed by atoms with E-state index in [0.29, 0.717) is 18.9 Å². The summed E-state index contributed by atoms with van der Waals surface area (Å²) in [6, 6.07) is 3.82. The van der Waals surface area contributed by atoms with Gasteiger partial charge in [0.1, 0.15) is 5.75 Å². The maximum Gasteiger partial charge on any atom is 0.241 e. The first-order valence-electron chi connectivity index (χ1n) is 8.35. The molecule has 0 unspecified atom stereocenters. The quantitative estimate of drug-likeness (QED) is 0.630. The molecular formula is C17H28N2O4S. The van der Waals surface area contributed by atoms with Gasteiger partial charge in [0.25, 0.3) is 0 Å². The molecule has 0 aliphatic heterocycles. The molecule has 1 rings (SSSR count). The molecule has 0 aliphatic carbocycles. The topological polar surface area (TPSA) is 84.5 Å². The Bertz CT molecular complexity index is 644. The summed E-state index contributed by atoms with van der Waals surface area (Å²) in [4.78, 5) is 12.1. The van der Waals surface area contributed by atoms with Crippen molar-refractivity contribution in [3.8, 4) is 5.75 Å². The lowest BCUT2D eigenvalue weighted by Gasteiger charge is -2.15. The van der Waals surface area contributed by atoms with Crippen LogP contribution in [-0.4, -0.2) is 33.5 Å². The van der Waals surface area contributed by atoms with E-state index in [-0.39, 0.29) is 10.8 Å². The van der Waals surface area contributed by atoms with Crippen LogP contribution in [-0.2, 0) is 14.8 Å². The maximum absolute atomic E-state index is 12.4. The second-order valence-electron chi connectivity index (χ2n) is 5.70. The lowest BCUT2D eigenvalue weighted by molar-refractivity contribution is -0.122. The normalized spacial score (nSPS) is 12.7. The molecule has 0 bridgehead atoms. The molecule has 0 aromatic heterocycles. The van der Waals surface area contributed by atoms with Gasteiger partial charge >= 0.3 is 0 Å². The molecule has 1 aromatic carbocycles. The van der Waals surface area contributed by atoms with E-state index in [2.05, 4.69) is 17.0 Å². The fourth-order valence-corrected chi connectivity index (χ4v) is 3.49. The van der Waals surface area contributed by atoms with Gasteiger partial charge in [0.2, 0.25) is 15.9 Å². The zero-order chi connectivity index (χ0) is 18.2. The average Bonchev–Trinajstić information content (AvgIpc) is 2.53. The van der Waals surface area contributed by atoms with Gasteiger partial charge in [-0.15, -0.1) is 0 Å². The minimum atomic E-state index is -3.76. The van der Waals surface area contributed by atoms with Crippen molar-refractivity contribution >= 4 is 15.9 Å². The van der Waals surface area contributed by atoms with Crippen molar-refractivity contribution < 1.29 is 17.9 Å². The van der Waals surface area contributed by atoms with E-state index in [4.69, 9.17) is 4.74 Å². The fourth-order valence-electron chi connectivity index (χ4n) is 2.20. The Balaban J connectivity index is 2.71. The van der Waals surface area contributed by atoms with Crippen molar-refractivity contribution in [3.05, 3.63) is 23.8 Å². The van der Waals surface area contributed by atoms with E-state index in [1.165, 1.54) is 13.0 Å². The van der Waals surface area contributed by atoms with E-state index >= 15 is 0 Å². The number of hydrogen-bond donors (Lipinski definition) is 2. The molecule has 136 valence electrons. The van der Waals surface area contributed by atoms with Gasteiger partial charge in [0, 0.05) is 6.54 Å². The van der Waals surface area contributed by atoms with E-state index in [0.717, 1.165) is 24.8 Å². The number of sulfonamides is 1. The van der Waals surface area contributed by atoms with Crippen molar-refractivity contribution in [1.29, 1.82) is 0 Å². The van der Waals surface area contributed by atoms with Gasteiger partial charge in [-0.25, -0.2) is 8.42 Å². The lowest BCUT2D eigenvalue weighted by atomic mass is 10.2. The number of ether oxygens (including phenoxy) is 1. The lowest BCUT2D eigenvalue weighted by Crippen LogP contribution is -2.44. The van der Waals surface area contributed by atoms with Crippen LogP contribution in [0.4, 0.5) is 0 Å². The number of carbonyl (C=O) groups excluding carboxylic acids is 1. The van der Waals surface area contributed by atoms with Crippen molar-refractivity contribution in [3.63, 3.8) is 0 Å². The monoisotopic (exact) mass is 356 g/mol. The van der Waals surface area contributed by atoms with Crippen molar-refractivity contribution in [2.45, 2.75) is 57.9 Å². The molecule has 0 saturated carbocycles. The molecule has 24 heavy (non-hydrogen) atoms. The number of nitrogens with one attached hydrogen (secondary N) is 2. The van der Waals surface area contributed by atoms with Gasteiger partial charge in [0.05, 0.1) is 17.5 Å². The first-order valence-corrected chi connectivity index (χ1v) is 9.83. The standard InChI is InChI=1S/C17H28N2O4S/c1-5-7-8-11-18-17(20)14(4)19-24(21,22)15-9-10-16(23-6-2)13(3)12-15/h9-10,12,14,19H,5-8,11H2,1-4H3,(H,18,20)/t14-/m0/s1. The smallest absolute Gasteiger partial charge is 0.241 e. The van der Waals surface area contributed by atoms with Gasteiger partial charge < -0.3 is 10.1 Å². The summed E-state index contributed by atoms with van der Waals surface area (Å²) in [5, 5.41) is 2.74. The van der Waals surface area contributed by atoms with Gasteiger partial charge in [0.15, 0.2) is 0 Å². The van der Waals surface area contributed by atoms with Crippen LogP contribution < -0.4 is 14.8 Å². The highest BCUT2D eigenvalue weighted by atomic mass is 32.2. The van der Waals surface area contributed by atoms with Crippen molar-refractivity contribution in [2.24, 2.45) is 0 Å². The Morgan fingerprint density at radius 2 is 1.96 bits per heavy atom. The molecule has 7 heteroatoms. The molecule has 0 heterocycles. The van der Waals surface area contributed by atoms with Crippen LogP contribution in [0.5, 0.6) is 5.75 Å². The first kappa shape index (κ1) is 20.4. The van der Waals surface area contributed by atoms with Crippen LogP contribution in [0.3, 0.4) is 0 Å². The summed E-state index contributed by atoms with van der Waals surface area (Å²) in [6.45, 7) is 8.34. The maximum atomic E-state index is 12.4. The summed E-state index contributed by atoms with van der Waals surface area (Å²) in [7, 11) is -3.76. The van der Waals surface area contributed by atoms with Gasteiger partial charge in [-0.3, -0.25) is 4.79 Å². The Hall–Kier alpha value is -1.60. The van der Waals surface area contributed by atoms with Crippen LogP contribution in [0, 0.1) is 6.92 Å². The third-order valence-electron chi connectivity index (χ3n) is 3.56. The summed E-state index contributed by atoms with van der Waals surface area (Å²) >= 11 is 0. The first-order chi connectivity index (χ1) is 11.3. The molecule has 0 fully saturated rings. The summed E-state index contributed by atoms with van der Waals surface area (Å²) < 4.78 is 32.6. The van der Waals surface area contributed by atoms with E-state index < -0.39 is 16.1 Å². The number of rotatable bonds is 10. The second kappa shape index (κ2) is 9.64. The molecular weight excluding hydrogens is 328 g/mol. The minimum Gasteiger partial charge on any atom is -0.494 e. The molecule has 1 atom stereocenters. The minimum absolute atomic E-state index is 0.120. The van der Waals surface area contributed by atoms with Crippen LogP contribution in [0.15, 0.2) is 23.1 Å². The molecule has 2 N–H and O–H groups in total. The summed E-state index contributed by atoms with van der Waals surface area (Å²) in [6.07, 6.45) is 2.99. The van der Waals surface area contributed by atoms with Crippen LogP contribution in [0.2, 0.25) is 0 Å². The van der Waals surface area contributed by atoms with Gasteiger partial charge in [-0.2, -0.15) is 4.72 Å². The zero-order valence-electron chi connectivity index (χ0n) is 14.9. The van der Waals surface area contributed by atoms with Crippen LogP contribution in [0.1, 0.15) is 45.6 Å². The predicted molar refractivity (Wildman–Crippen MR) is 94.7 cm³/mol. The highest BCUT2D eigenvalue weighted by Crippen LogP contribution is 2.21. The predicted octanol–water partition coefficient (Wildman–Crippen LogP) is 2.37. The van der Waals surface area contributed by atoms with E-state index in [9.17, 15) is 13.2 Å². The van der Waals surface area contributed by atoms with Crippen molar-refractivity contribution in [2.75, 3.05) is 13.2 Å². The highest BCUT2D eigenvalue weighted by Gasteiger charge is 2.22. The third kappa shape index (κ3) is 6.13. The molecule has 6 nitrogen and oxygen atoms in total. The summed E-state index contributed by atoms with van der Waals surface area (Å²) in [5.41, 5.74) is 0.733. The number of amides is 1. The van der Waals surface area contributed by atoms with Crippen LogP contribution >= 0.6 is 0 Å². The number of unbranched alkanes of at least 4 members (excludes halogenated alkanes) is 2. The third-order valence-corrected chi connectivity index (χ3v) is 5.10. The van der Waals surface area contributed by atoms with Crippen LogP contribution in [0.25, 0.3) is 0 Å². The second-order valence-corrected chi connectivity index (χ2v) is 7.42. The SMILES string of the molecule is CCCCCNC(=O)[C@H](C)NS(=O)(=O)c1ccc(OCC)c(C)c1. The van der Waals surface area contributed by atoms with E-state index in [1.807, 2.05) is 6.92 Å². The fraction of sp³-hybridized carbons (Fsp3) is 0.588. The number of aryl methyl sites for hydroxylation is 1. The number of hydrogen-bond acceptors (Lipinski definition) is 4. The molecule has 0 radical (unpaired) electrons. The zero-order valence-corrected chi connectivity index (χ0v) is 15.7. The highest BCUT2D eigenvalue weighted by molar-refractivity contribution is 7.89. The molecule has 0 saturated heterocycles. The Labute approximate surface area is 145 Å². The molecule has 1 amide bonds. The summed E-state index contributed by atoms with van der Waals surface area (Å²) in [5.74, 6) is 0.329. The molecule has 0 spiro atoms. The van der Waals surface area contributed by atoms with Gasteiger partial charge in [-0.1, -0.05) is 19.8 Å². The van der Waals surface area contributed by atoms with Gasteiger partial charge in [-0.05, 0) is 51.0 Å². The molecule has 0 aliphatic rings.